The molecule has 0 amide bonds. The monoisotopic (exact) mass is 512 g/mol. The lowest BCUT2D eigenvalue weighted by molar-refractivity contribution is 0.438. The first-order valence-corrected chi connectivity index (χ1v) is 16.6. The lowest BCUT2D eigenvalue weighted by Crippen LogP contribution is -2.44. The van der Waals surface area contributed by atoms with Gasteiger partial charge in [0, 0.05) is 10.2 Å². The summed E-state index contributed by atoms with van der Waals surface area (Å²) in [7, 11) is -0.174. The molecule has 0 spiro atoms. The third-order valence-corrected chi connectivity index (χ3v) is 14.2. The number of rotatable bonds is 7. The molecule has 0 radical (unpaired) electrons. The molecule has 1 unspecified atom stereocenters. The van der Waals surface area contributed by atoms with Gasteiger partial charge in [-0.2, -0.15) is 0 Å². The molecular weight excluding hydrogens is 463 g/mol. The number of hydrogen-bond acceptors (Lipinski definition) is 0. The highest BCUT2D eigenvalue weighted by atomic mass is 35.5. The van der Waals surface area contributed by atoms with Crippen molar-refractivity contribution in [3.8, 4) is 0 Å². The van der Waals surface area contributed by atoms with E-state index < -0.39 is 0 Å². The molecule has 2 heteroatoms. The molecule has 0 aliphatic heterocycles. The Bertz CT molecular complexity index is 893. The van der Waals surface area contributed by atoms with Crippen LogP contribution in [0, 0.1) is 17.8 Å². The number of halogens is 1. The van der Waals surface area contributed by atoms with Gasteiger partial charge in [-0.25, -0.2) is 0 Å². The van der Waals surface area contributed by atoms with Crippen LogP contribution in [0.3, 0.4) is 0 Å². The molecule has 0 bridgehead atoms. The van der Waals surface area contributed by atoms with E-state index in [1.807, 2.05) is 0 Å². The summed E-state index contributed by atoms with van der Waals surface area (Å²) in [4.78, 5) is 0. The fraction of sp³-hybridized carbons (Fsp3) is 0.697. The molecule has 0 nitrogen and oxygen atoms in total. The highest BCUT2D eigenvalue weighted by Crippen LogP contribution is 2.73. The molecule has 0 aromatic heterocycles. The lowest BCUT2D eigenvalue weighted by Gasteiger charge is -2.57. The molecule has 0 heterocycles. The van der Waals surface area contributed by atoms with E-state index in [9.17, 15) is 0 Å². The van der Waals surface area contributed by atoms with Crippen LogP contribution >= 0.6 is 19.5 Å². The summed E-state index contributed by atoms with van der Waals surface area (Å²) in [5, 5.41) is 1.17. The van der Waals surface area contributed by atoms with Crippen LogP contribution in [0.25, 0.3) is 5.57 Å². The highest BCUT2D eigenvalue weighted by molar-refractivity contribution is 7.61. The van der Waals surface area contributed by atoms with Gasteiger partial charge in [0.2, 0.25) is 0 Å². The van der Waals surface area contributed by atoms with Crippen LogP contribution in [0.2, 0.25) is 5.02 Å². The Labute approximate surface area is 223 Å². The van der Waals surface area contributed by atoms with Gasteiger partial charge in [0.25, 0.3) is 0 Å². The summed E-state index contributed by atoms with van der Waals surface area (Å²) in [5.41, 5.74) is 8.10. The van der Waals surface area contributed by atoms with Crippen molar-refractivity contribution in [3.05, 3.63) is 52.1 Å². The minimum Gasteiger partial charge on any atom is -0.0888 e. The Hall–Kier alpha value is -0.580. The Morgan fingerprint density at radius 1 is 0.771 bits per heavy atom. The van der Waals surface area contributed by atoms with Gasteiger partial charge >= 0.3 is 0 Å². The topological polar surface area (TPSA) is 0 Å². The van der Waals surface area contributed by atoms with Crippen molar-refractivity contribution < 1.29 is 0 Å². The molecule has 0 saturated heterocycles. The van der Waals surface area contributed by atoms with E-state index in [2.05, 4.69) is 71.9 Å². The Balaban J connectivity index is 2.03. The van der Waals surface area contributed by atoms with Gasteiger partial charge < -0.3 is 0 Å². The number of hydrogen-bond donors (Lipinski definition) is 0. The average molecular weight is 513 g/mol. The summed E-state index contributed by atoms with van der Waals surface area (Å²) < 4.78 is 0. The number of allylic oxidation sites excluding steroid dienone is 4. The molecule has 3 aliphatic carbocycles. The summed E-state index contributed by atoms with van der Waals surface area (Å²) in [6, 6.07) is 8.82. The molecule has 2 fully saturated rings. The minimum absolute atomic E-state index is 0.174. The standard InChI is InChI=1S/C33H50ClP/c1-23(2)26-21-30(24(3)4)32(29-19-13-14-20-31(29)34)33(22-26,25(5)6)35(27-15-9-7-10-16-27)28-17-11-8-12-18-28/h13-14,19-21,23-25,27-28H,7-12,15-18,22H2,1-6H3. The first-order valence-electron chi connectivity index (χ1n) is 14.8. The van der Waals surface area contributed by atoms with Crippen LogP contribution in [-0.2, 0) is 0 Å². The maximum Gasteiger partial charge on any atom is 0.0481 e. The Kier molecular flexibility index (Phi) is 9.30. The molecule has 194 valence electrons. The summed E-state index contributed by atoms with van der Waals surface area (Å²) in [6.07, 6.45) is 18.4. The fourth-order valence-corrected chi connectivity index (χ4v) is 13.0. The molecule has 1 aromatic carbocycles. The smallest absolute Gasteiger partial charge is 0.0481 e. The van der Waals surface area contributed by atoms with E-state index in [-0.39, 0.29) is 13.1 Å². The van der Waals surface area contributed by atoms with Crippen molar-refractivity contribution in [2.45, 2.75) is 129 Å². The molecule has 35 heavy (non-hydrogen) atoms. The summed E-state index contributed by atoms with van der Waals surface area (Å²) >= 11 is 7.09. The van der Waals surface area contributed by atoms with E-state index in [1.165, 1.54) is 76.2 Å². The van der Waals surface area contributed by atoms with Crippen LogP contribution in [0.5, 0.6) is 0 Å². The van der Waals surface area contributed by atoms with E-state index in [1.54, 1.807) is 16.7 Å². The quantitative estimate of drug-likeness (QED) is 0.318. The molecule has 4 rings (SSSR count). The zero-order valence-corrected chi connectivity index (χ0v) is 25.0. The summed E-state index contributed by atoms with van der Waals surface area (Å²) in [5.74, 6) is 1.71. The highest BCUT2D eigenvalue weighted by Gasteiger charge is 2.53. The molecule has 1 atom stereocenters. The Morgan fingerprint density at radius 2 is 1.31 bits per heavy atom. The van der Waals surface area contributed by atoms with Crippen molar-refractivity contribution in [3.63, 3.8) is 0 Å². The van der Waals surface area contributed by atoms with Crippen LogP contribution in [0.4, 0.5) is 0 Å². The molecule has 0 N–H and O–H groups in total. The van der Waals surface area contributed by atoms with Gasteiger partial charge in [0.15, 0.2) is 0 Å². The predicted molar refractivity (Wildman–Crippen MR) is 159 cm³/mol. The van der Waals surface area contributed by atoms with Gasteiger partial charge in [-0.3, -0.25) is 0 Å². The van der Waals surface area contributed by atoms with Crippen LogP contribution in [0.15, 0.2) is 41.5 Å². The zero-order valence-electron chi connectivity index (χ0n) is 23.4. The maximum atomic E-state index is 7.09. The SMILES string of the molecule is CC(C)C1=CC(C(C)C)=C(c2ccccc2Cl)C(C(C)C)(P(C2CCCCC2)C2CCCCC2)C1. The molecule has 3 aliphatic rings. The second-order valence-corrected chi connectivity index (χ2v) is 16.1. The second kappa shape index (κ2) is 11.9. The van der Waals surface area contributed by atoms with Crippen molar-refractivity contribution in [2.24, 2.45) is 17.8 Å². The van der Waals surface area contributed by atoms with Gasteiger partial charge in [-0.05, 0) is 84.0 Å². The second-order valence-electron chi connectivity index (χ2n) is 12.6. The van der Waals surface area contributed by atoms with Crippen molar-refractivity contribution in [1.29, 1.82) is 0 Å². The van der Waals surface area contributed by atoms with E-state index in [0.717, 1.165) is 16.3 Å². The van der Waals surface area contributed by atoms with Gasteiger partial charge in [-0.15, -0.1) is 0 Å². The van der Waals surface area contributed by atoms with Crippen molar-refractivity contribution in [2.75, 3.05) is 0 Å². The largest absolute Gasteiger partial charge is 0.0888 e. The van der Waals surface area contributed by atoms with Gasteiger partial charge in [0.05, 0.1) is 0 Å². The first-order chi connectivity index (χ1) is 16.8. The fourth-order valence-electron chi connectivity index (χ4n) is 7.53. The van der Waals surface area contributed by atoms with Crippen LogP contribution in [-0.4, -0.2) is 16.5 Å². The van der Waals surface area contributed by atoms with E-state index >= 15 is 0 Å². The zero-order chi connectivity index (χ0) is 25.2. The van der Waals surface area contributed by atoms with Crippen LogP contribution in [0.1, 0.15) is 118 Å². The molecule has 1 aromatic rings. The van der Waals surface area contributed by atoms with Crippen molar-refractivity contribution >= 4 is 25.1 Å². The third-order valence-electron chi connectivity index (χ3n) is 9.39. The normalized spacial score (nSPS) is 25.3. The Morgan fingerprint density at radius 3 is 1.77 bits per heavy atom. The summed E-state index contributed by atoms with van der Waals surface area (Å²) in [6.45, 7) is 14.8. The minimum atomic E-state index is -0.174. The van der Waals surface area contributed by atoms with Crippen molar-refractivity contribution in [1.82, 2.24) is 0 Å². The van der Waals surface area contributed by atoms with E-state index in [0.29, 0.717) is 17.8 Å². The first kappa shape index (κ1) is 27.5. The van der Waals surface area contributed by atoms with E-state index in [4.69, 9.17) is 11.6 Å². The van der Waals surface area contributed by atoms with Gasteiger partial charge in [0.1, 0.15) is 0 Å². The lowest BCUT2D eigenvalue weighted by atomic mass is 9.69. The maximum absolute atomic E-state index is 7.09. The molecule has 2 saturated carbocycles. The van der Waals surface area contributed by atoms with Crippen LogP contribution < -0.4 is 0 Å². The predicted octanol–water partition coefficient (Wildman–Crippen LogP) is 11.3. The average Bonchev–Trinajstić information content (AvgIpc) is 2.85. The number of benzene rings is 1. The third kappa shape index (κ3) is 5.50. The van der Waals surface area contributed by atoms with Gasteiger partial charge in [-0.1, -0.05) is 129 Å². The molecular formula is C33H50ClP.